The van der Waals surface area contributed by atoms with Crippen LogP contribution in [0, 0.1) is 0 Å². The molecule has 0 saturated carbocycles. The molecule has 1 atom stereocenters. The van der Waals surface area contributed by atoms with Gasteiger partial charge in [-0.05, 0) is 54.4 Å². The highest BCUT2D eigenvalue weighted by Gasteiger charge is 2.45. The summed E-state index contributed by atoms with van der Waals surface area (Å²) in [6.07, 6.45) is 0.562. The van der Waals surface area contributed by atoms with Gasteiger partial charge in [0.15, 0.2) is 0 Å². The van der Waals surface area contributed by atoms with Crippen LogP contribution < -0.4 is 10.2 Å². The first-order valence-electron chi connectivity index (χ1n) is 6.38. The molecular formula is C14H16Br2N2O2. The highest BCUT2D eigenvalue weighted by Crippen LogP contribution is 2.34. The zero-order chi connectivity index (χ0) is 15.1. The summed E-state index contributed by atoms with van der Waals surface area (Å²) < 4.78 is 1.65. The molecule has 1 heterocycles. The van der Waals surface area contributed by atoms with Gasteiger partial charge < -0.3 is 5.32 Å². The summed E-state index contributed by atoms with van der Waals surface area (Å²) >= 11 is 6.87. The molecule has 1 saturated heterocycles. The van der Waals surface area contributed by atoms with Crippen molar-refractivity contribution in [2.24, 2.45) is 0 Å². The SMILES string of the molecule is CCC1C(=O)NC(C)(C)C(=O)N1c1cc(Br)ccc1Br. The zero-order valence-corrected chi connectivity index (χ0v) is 14.7. The predicted octanol–water partition coefficient (Wildman–Crippen LogP) is 3.23. The molecule has 1 N–H and O–H groups in total. The maximum Gasteiger partial charge on any atom is 0.252 e. The van der Waals surface area contributed by atoms with Crippen LogP contribution in [-0.4, -0.2) is 23.4 Å². The van der Waals surface area contributed by atoms with E-state index in [4.69, 9.17) is 0 Å². The number of nitrogens with zero attached hydrogens (tertiary/aromatic N) is 1. The Morgan fingerprint density at radius 2 is 1.95 bits per heavy atom. The highest BCUT2D eigenvalue weighted by molar-refractivity contribution is 9.11. The van der Waals surface area contributed by atoms with E-state index >= 15 is 0 Å². The Labute approximate surface area is 135 Å². The van der Waals surface area contributed by atoms with Crippen LogP contribution in [0.5, 0.6) is 0 Å². The van der Waals surface area contributed by atoms with Gasteiger partial charge >= 0.3 is 0 Å². The number of rotatable bonds is 2. The number of benzene rings is 1. The molecule has 0 radical (unpaired) electrons. The number of carbonyl (C=O) groups excluding carboxylic acids is 2. The monoisotopic (exact) mass is 402 g/mol. The summed E-state index contributed by atoms with van der Waals surface area (Å²) in [5.74, 6) is -0.230. The van der Waals surface area contributed by atoms with E-state index in [0.717, 1.165) is 8.95 Å². The number of amides is 2. The lowest BCUT2D eigenvalue weighted by Crippen LogP contribution is -2.68. The Kier molecular flexibility index (Phi) is 4.25. The lowest BCUT2D eigenvalue weighted by molar-refractivity contribution is -0.137. The van der Waals surface area contributed by atoms with E-state index < -0.39 is 11.6 Å². The van der Waals surface area contributed by atoms with Crippen LogP contribution in [0.2, 0.25) is 0 Å². The molecule has 1 aromatic carbocycles. The van der Waals surface area contributed by atoms with Crippen LogP contribution in [0.1, 0.15) is 27.2 Å². The maximum atomic E-state index is 12.7. The van der Waals surface area contributed by atoms with E-state index in [0.29, 0.717) is 12.1 Å². The van der Waals surface area contributed by atoms with Crippen LogP contribution in [0.3, 0.4) is 0 Å². The van der Waals surface area contributed by atoms with Crippen molar-refractivity contribution in [3.63, 3.8) is 0 Å². The highest BCUT2D eigenvalue weighted by atomic mass is 79.9. The van der Waals surface area contributed by atoms with Gasteiger partial charge in [0.2, 0.25) is 5.91 Å². The first-order valence-corrected chi connectivity index (χ1v) is 7.97. The van der Waals surface area contributed by atoms with E-state index in [-0.39, 0.29) is 11.8 Å². The van der Waals surface area contributed by atoms with Crippen LogP contribution in [-0.2, 0) is 9.59 Å². The summed E-state index contributed by atoms with van der Waals surface area (Å²) in [5.41, 5.74) is -0.191. The minimum Gasteiger partial charge on any atom is -0.340 e. The van der Waals surface area contributed by atoms with Crippen LogP contribution in [0.15, 0.2) is 27.1 Å². The van der Waals surface area contributed by atoms with Crippen LogP contribution in [0.25, 0.3) is 0 Å². The van der Waals surface area contributed by atoms with Crippen molar-refractivity contribution in [2.45, 2.75) is 38.8 Å². The van der Waals surface area contributed by atoms with Crippen molar-refractivity contribution in [2.75, 3.05) is 4.90 Å². The van der Waals surface area contributed by atoms with E-state index in [1.54, 1.807) is 18.7 Å². The van der Waals surface area contributed by atoms with Crippen LogP contribution in [0.4, 0.5) is 5.69 Å². The lowest BCUT2D eigenvalue weighted by atomic mass is 9.95. The van der Waals surface area contributed by atoms with Gasteiger partial charge in [-0.2, -0.15) is 0 Å². The molecule has 1 unspecified atom stereocenters. The normalized spacial score (nSPS) is 21.9. The van der Waals surface area contributed by atoms with Gasteiger partial charge in [0.05, 0.1) is 5.69 Å². The molecule has 2 rings (SSSR count). The van der Waals surface area contributed by atoms with Crippen molar-refractivity contribution in [1.82, 2.24) is 5.32 Å². The lowest BCUT2D eigenvalue weighted by Gasteiger charge is -2.42. The van der Waals surface area contributed by atoms with Crippen molar-refractivity contribution < 1.29 is 9.59 Å². The fourth-order valence-corrected chi connectivity index (χ4v) is 3.11. The van der Waals surface area contributed by atoms with Gasteiger partial charge in [0.1, 0.15) is 11.6 Å². The van der Waals surface area contributed by atoms with Crippen LogP contribution >= 0.6 is 31.9 Å². The standard InChI is InChI=1S/C14H16Br2N2O2/c1-4-10-12(19)17-14(2,3)13(20)18(10)11-7-8(15)5-6-9(11)16/h5-7,10H,4H2,1-3H3,(H,17,19). The van der Waals surface area contributed by atoms with Gasteiger partial charge in [0, 0.05) is 8.95 Å². The Bertz CT molecular complexity index is 572. The molecule has 1 aromatic rings. The molecule has 0 aromatic heterocycles. The fraction of sp³-hybridized carbons (Fsp3) is 0.429. The van der Waals surface area contributed by atoms with E-state index in [9.17, 15) is 9.59 Å². The molecule has 1 aliphatic rings. The first-order chi connectivity index (χ1) is 9.27. The molecule has 1 fully saturated rings. The van der Waals surface area contributed by atoms with Gasteiger partial charge in [-0.15, -0.1) is 0 Å². The summed E-state index contributed by atoms with van der Waals surface area (Å²) in [7, 11) is 0. The van der Waals surface area contributed by atoms with Gasteiger partial charge in [-0.3, -0.25) is 14.5 Å². The molecular weight excluding hydrogens is 388 g/mol. The van der Waals surface area contributed by atoms with Crippen molar-refractivity contribution in [3.05, 3.63) is 27.1 Å². The molecule has 4 nitrogen and oxygen atoms in total. The van der Waals surface area contributed by atoms with E-state index in [1.807, 2.05) is 25.1 Å². The molecule has 2 amide bonds. The number of halogens is 2. The Balaban J connectivity index is 2.57. The topological polar surface area (TPSA) is 49.4 Å². The third-order valence-electron chi connectivity index (χ3n) is 3.36. The summed E-state index contributed by atoms with van der Waals surface area (Å²) in [4.78, 5) is 26.5. The number of carbonyl (C=O) groups is 2. The van der Waals surface area contributed by atoms with E-state index in [2.05, 4.69) is 37.2 Å². The Morgan fingerprint density at radius 1 is 1.30 bits per heavy atom. The zero-order valence-electron chi connectivity index (χ0n) is 11.5. The second kappa shape index (κ2) is 5.48. The van der Waals surface area contributed by atoms with E-state index in [1.165, 1.54) is 0 Å². The predicted molar refractivity (Wildman–Crippen MR) is 85.6 cm³/mol. The van der Waals surface area contributed by atoms with Gasteiger partial charge in [-0.25, -0.2) is 0 Å². The average Bonchev–Trinajstić information content (AvgIpc) is 2.36. The third kappa shape index (κ3) is 2.63. The molecule has 1 aliphatic heterocycles. The average molecular weight is 404 g/mol. The Hall–Kier alpha value is -0.880. The summed E-state index contributed by atoms with van der Waals surface area (Å²) in [5, 5.41) is 2.78. The molecule has 6 heteroatoms. The Morgan fingerprint density at radius 3 is 2.55 bits per heavy atom. The number of nitrogens with one attached hydrogen (secondary N) is 1. The third-order valence-corrected chi connectivity index (χ3v) is 4.52. The first kappa shape index (κ1) is 15.5. The van der Waals surface area contributed by atoms with Gasteiger partial charge in [0.25, 0.3) is 5.91 Å². The number of hydrogen-bond donors (Lipinski definition) is 1. The second-order valence-electron chi connectivity index (χ2n) is 5.31. The smallest absolute Gasteiger partial charge is 0.252 e. The maximum absolute atomic E-state index is 12.7. The van der Waals surface area contributed by atoms with Crippen molar-refractivity contribution in [3.8, 4) is 0 Å². The number of piperazine rings is 1. The molecule has 20 heavy (non-hydrogen) atoms. The van der Waals surface area contributed by atoms with Crippen molar-refractivity contribution in [1.29, 1.82) is 0 Å². The minimum absolute atomic E-state index is 0.109. The van der Waals surface area contributed by atoms with Gasteiger partial charge in [-0.1, -0.05) is 22.9 Å². The molecule has 0 aliphatic carbocycles. The molecule has 0 spiro atoms. The molecule has 0 bridgehead atoms. The largest absolute Gasteiger partial charge is 0.340 e. The second-order valence-corrected chi connectivity index (χ2v) is 7.08. The quantitative estimate of drug-likeness (QED) is 0.823. The fourth-order valence-electron chi connectivity index (χ4n) is 2.32. The number of hydrogen-bond acceptors (Lipinski definition) is 2. The summed E-state index contributed by atoms with van der Waals surface area (Å²) in [6, 6.07) is 5.10. The summed E-state index contributed by atoms with van der Waals surface area (Å²) in [6.45, 7) is 5.34. The number of anilines is 1. The minimum atomic E-state index is -0.898. The van der Waals surface area contributed by atoms with Crippen molar-refractivity contribution >= 4 is 49.4 Å². The molecule has 108 valence electrons.